The Morgan fingerprint density at radius 3 is 3.21 bits per heavy atom. The molecule has 1 aliphatic heterocycles. The molecule has 1 saturated heterocycles. The highest BCUT2D eigenvalue weighted by Gasteiger charge is 2.28. The number of rotatable bonds is 7. The highest BCUT2D eigenvalue weighted by atomic mass is 16.5. The molecule has 1 aromatic rings. The fourth-order valence-electron chi connectivity index (χ4n) is 2.30. The van der Waals surface area contributed by atoms with Gasteiger partial charge in [0.05, 0.1) is 12.2 Å². The van der Waals surface area contributed by atoms with Crippen molar-refractivity contribution in [2.45, 2.75) is 32.4 Å². The van der Waals surface area contributed by atoms with E-state index in [-0.39, 0.29) is 17.9 Å². The predicted molar refractivity (Wildman–Crippen MR) is 71.6 cm³/mol. The van der Waals surface area contributed by atoms with Gasteiger partial charge in [-0.2, -0.15) is 0 Å². The lowest BCUT2D eigenvalue weighted by atomic mass is 10.0. The van der Waals surface area contributed by atoms with Crippen LogP contribution in [-0.4, -0.2) is 31.6 Å². The Morgan fingerprint density at radius 2 is 2.53 bits per heavy atom. The topological polar surface area (TPSA) is 63.5 Å². The summed E-state index contributed by atoms with van der Waals surface area (Å²) in [4.78, 5) is 11.9. The van der Waals surface area contributed by atoms with E-state index in [9.17, 15) is 4.79 Å². The van der Waals surface area contributed by atoms with Crippen LogP contribution in [-0.2, 0) is 16.1 Å². The van der Waals surface area contributed by atoms with E-state index in [4.69, 9.17) is 9.15 Å². The van der Waals surface area contributed by atoms with E-state index < -0.39 is 0 Å². The summed E-state index contributed by atoms with van der Waals surface area (Å²) in [5.41, 5.74) is 0. The first-order chi connectivity index (χ1) is 9.27. The Bertz CT molecular complexity index is 378. The van der Waals surface area contributed by atoms with Crippen LogP contribution in [0.2, 0.25) is 0 Å². The molecule has 2 atom stereocenters. The molecule has 1 aliphatic rings. The molecule has 0 bridgehead atoms. The average molecular weight is 266 g/mol. The zero-order valence-corrected chi connectivity index (χ0v) is 11.4. The maximum Gasteiger partial charge on any atom is 0.224 e. The van der Waals surface area contributed by atoms with Crippen molar-refractivity contribution in [1.82, 2.24) is 10.6 Å². The molecule has 2 unspecified atom stereocenters. The van der Waals surface area contributed by atoms with Gasteiger partial charge >= 0.3 is 0 Å². The van der Waals surface area contributed by atoms with Gasteiger partial charge in [0, 0.05) is 19.2 Å². The summed E-state index contributed by atoms with van der Waals surface area (Å²) in [7, 11) is 0. The highest BCUT2D eigenvalue weighted by Crippen LogP contribution is 2.14. The van der Waals surface area contributed by atoms with Crippen LogP contribution >= 0.6 is 0 Å². The summed E-state index contributed by atoms with van der Waals surface area (Å²) in [6.45, 7) is 4.78. The SMILES string of the molecule is CC1NCCC1C(=O)NCCCOCc1ccco1. The van der Waals surface area contributed by atoms with Gasteiger partial charge in [-0.25, -0.2) is 0 Å². The predicted octanol–water partition coefficient (Wildman–Crippen LogP) is 1.30. The van der Waals surface area contributed by atoms with Crippen molar-refractivity contribution in [3.63, 3.8) is 0 Å². The van der Waals surface area contributed by atoms with Crippen molar-refractivity contribution in [1.29, 1.82) is 0 Å². The average Bonchev–Trinajstić information content (AvgIpc) is 3.04. The Balaban J connectivity index is 1.51. The fraction of sp³-hybridized carbons (Fsp3) is 0.643. The van der Waals surface area contributed by atoms with Crippen molar-refractivity contribution in [3.05, 3.63) is 24.2 Å². The lowest BCUT2D eigenvalue weighted by Crippen LogP contribution is -2.37. The molecule has 5 nitrogen and oxygen atoms in total. The van der Waals surface area contributed by atoms with Crippen molar-refractivity contribution < 1.29 is 13.9 Å². The van der Waals surface area contributed by atoms with Gasteiger partial charge in [0.15, 0.2) is 0 Å². The third-order valence-electron chi connectivity index (χ3n) is 3.45. The van der Waals surface area contributed by atoms with Crippen LogP contribution in [0.1, 0.15) is 25.5 Å². The number of carbonyl (C=O) groups is 1. The van der Waals surface area contributed by atoms with Gasteiger partial charge in [-0.3, -0.25) is 4.79 Å². The monoisotopic (exact) mass is 266 g/mol. The molecule has 1 amide bonds. The van der Waals surface area contributed by atoms with Crippen molar-refractivity contribution in [2.24, 2.45) is 5.92 Å². The van der Waals surface area contributed by atoms with Crippen LogP contribution in [0.3, 0.4) is 0 Å². The van der Waals surface area contributed by atoms with Gasteiger partial charge in [-0.1, -0.05) is 0 Å². The molecule has 1 fully saturated rings. The largest absolute Gasteiger partial charge is 0.467 e. The molecule has 0 spiro atoms. The molecule has 19 heavy (non-hydrogen) atoms. The van der Waals surface area contributed by atoms with E-state index in [2.05, 4.69) is 17.6 Å². The second kappa shape index (κ2) is 7.31. The van der Waals surface area contributed by atoms with Crippen LogP contribution in [0.4, 0.5) is 0 Å². The lowest BCUT2D eigenvalue weighted by molar-refractivity contribution is -0.125. The van der Waals surface area contributed by atoms with Crippen LogP contribution in [0, 0.1) is 5.92 Å². The standard InChI is InChI=1S/C14H22N2O3/c1-11-13(5-7-15-11)14(17)16-6-3-8-18-10-12-4-2-9-19-12/h2,4,9,11,13,15H,3,5-8,10H2,1H3,(H,16,17). The number of amides is 1. The first-order valence-corrected chi connectivity index (χ1v) is 6.88. The molecule has 0 radical (unpaired) electrons. The van der Waals surface area contributed by atoms with E-state index >= 15 is 0 Å². The van der Waals surface area contributed by atoms with Crippen molar-refractivity contribution >= 4 is 5.91 Å². The van der Waals surface area contributed by atoms with Crippen LogP contribution in [0.5, 0.6) is 0 Å². The zero-order valence-electron chi connectivity index (χ0n) is 11.4. The van der Waals surface area contributed by atoms with Gasteiger partial charge in [0.2, 0.25) is 5.91 Å². The first kappa shape index (κ1) is 14.1. The first-order valence-electron chi connectivity index (χ1n) is 6.88. The molecule has 106 valence electrons. The number of ether oxygens (including phenoxy) is 1. The molecule has 2 heterocycles. The molecule has 0 saturated carbocycles. The van der Waals surface area contributed by atoms with E-state index in [1.54, 1.807) is 6.26 Å². The van der Waals surface area contributed by atoms with Crippen LogP contribution < -0.4 is 10.6 Å². The highest BCUT2D eigenvalue weighted by molar-refractivity contribution is 5.79. The Morgan fingerprint density at radius 1 is 1.63 bits per heavy atom. The van der Waals surface area contributed by atoms with Gasteiger partial charge in [0.25, 0.3) is 0 Å². The van der Waals surface area contributed by atoms with Gasteiger partial charge in [-0.15, -0.1) is 0 Å². The maximum atomic E-state index is 11.9. The minimum Gasteiger partial charge on any atom is -0.467 e. The van der Waals surface area contributed by atoms with E-state index in [1.165, 1.54) is 0 Å². The molecule has 0 aliphatic carbocycles. The molecule has 5 heteroatoms. The number of nitrogens with one attached hydrogen (secondary N) is 2. The minimum atomic E-state index is 0.115. The molecule has 1 aromatic heterocycles. The second-order valence-corrected chi connectivity index (χ2v) is 4.91. The van der Waals surface area contributed by atoms with Gasteiger partial charge in [0.1, 0.15) is 12.4 Å². The minimum absolute atomic E-state index is 0.115. The summed E-state index contributed by atoms with van der Waals surface area (Å²) in [5.74, 6) is 1.10. The fourth-order valence-corrected chi connectivity index (χ4v) is 2.30. The number of furan rings is 1. The third-order valence-corrected chi connectivity index (χ3v) is 3.45. The van der Waals surface area contributed by atoms with Gasteiger partial charge in [-0.05, 0) is 38.4 Å². The van der Waals surface area contributed by atoms with Crippen molar-refractivity contribution in [3.8, 4) is 0 Å². The van der Waals surface area contributed by atoms with E-state index in [0.29, 0.717) is 19.8 Å². The summed E-state index contributed by atoms with van der Waals surface area (Å²) < 4.78 is 10.6. The summed E-state index contributed by atoms with van der Waals surface area (Å²) in [6.07, 6.45) is 3.39. The van der Waals surface area contributed by atoms with E-state index in [1.807, 2.05) is 12.1 Å². The lowest BCUT2D eigenvalue weighted by Gasteiger charge is -2.14. The summed E-state index contributed by atoms with van der Waals surface area (Å²) in [5, 5.41) is 6.25. The quantitative estimate of drug-likeness (QED) is 0.730. The van der Waals surface area contributed by atoms with Crippen LogP contribution in [0.25, 0.3) is 0 Å². The van der Waals surface area contributed by atoms with Gasteiger partial charge < -0.3 is 19.8 Å². The molecule has 0 aromatic carbocycles. The number of hydrogen-bond donors (Lipinski definition) is 2. The number of hydrogen-bond acceptors (Lipinski definition) is 4. The Hall–Kier alpha value is -1.33. The molecule has 2 rings (SSSR count). The van der Waals surface area contributed by atoms with Crippen LogP contribution in [0.15, 0.2) is 22.8 Å². The molecular formula is C14H22N2O3. The summed E-state index contributed by atoms with van der Waals surface area (Å²) in [6, 6.07) is 4.02. The van der Waals surface area contributed by atoms with E-state index in [0.717, 1.165) is 25.1 Å². The maximum absolute atomic E-state index is 11.9. The third kappa shape index (κ3) is 4.36. The Kier molecular flexibility index (Phi) is 5.42. The number of carbonyl (C=O) groups excluding carboxylic acids is 1. The smallest absolute Gasteiger partial charge is 0.224 e. The second-order valence-electron chi connectivity index (χ2n) is 4.91. The zero-order chi connectivity index (χ0) is 13.5. The summed E-state index contributed by atoms with van der Waals surface area (Å²) >= 11 is 0. The molecule has 2 N–H and O–H groups in total. The Labute approximate surface area is 113 Å². The molecular weight excluding hydrogens is 244 g/mol. The normalized spacial score (nSPS) is 22.6. The van der Waals surface area contributed by atoms with Crippen molar-refractivity contribution in [2.75, 3.05) is 19.7 Å².